The lowest BCUT2D eigenvalue weighted by Gasteiger charge is -2.13. The summed E-state index contributed by atoms with van der Waals surface area (Å²) < 4.78 is 18.6. The molecule has 6 nitrogen and oxygen atoms in total. The Kier molecular flexibility index (Phi) is 4.04. The van der Waals surface area contributed by atoms with Gasteiger partial charge in [-0.25, -0.2) is 4.57 Å². The van der Waals surface area contributed by atoms with Crippen molar-refractivity contribution in [2.75, 3.05) is 13.7 Å². The Morgan fingerprint density at radius 1 is 1.70 bits per heavy atom. The molecule has 0 saturated heterocycles. The fourth-order valence-corrected chi connectivity index (χ4v) is 0.814. The lowest BCUT2D eigenvalue weighted by Crippen LogP contribution is -2.24. The number of hydrogen-bond donors (Lipinski definition) is 3. The number of rotatable bonds is 4. The van der Waals surface area contributed by atoms with E-state index >= 15 is 0 Å². The van der Waals surface area contributed by atoms with E-state index in [2.05, 4.69) is 9.26 Å². The van der Waals surface area contributed by atoms with Gasteiger partial charge in [0.25, 0.3) is 0 Å². The third-order valence-electron chi connectivity index (χ3n) is 0.710. The zero-order valence-electron chi connectivity index (χ0n) is 5.43. The average Bonchev–Trinajstić information content (AvgIpc) is 1.81. The molecule has 0 aliphatic rings. The summed E-state index contributed by atoms with van der Waals surface area (Å²) in [5.74, 6) is 0. The molecule has 0 aromatic rings. The molecule has 0 saturated carbocycles. The Hall–Kier alpha value is 0.0300. The lowest BCUT2D eigenvalue weighted by molar-refractivity contribution is -0.0606. The number of ether oxygens (including phenoxy) is 1. The van der Waals surface area contributed by atoms with Crippen LogP contribution in [0, 0.1) is 0 Å². The molecule has 0 amide bonds. The van der Waals surface area contributed by atoms with Crippen molar-refractivity contribution in [2.45, 2.75) is 6.29 Å². The minimum absolute atomic E-state index is 0.0956. The van der Waals surface area contributed by atoms with Crippen LogP contribution in [0.1, 0.15) is 0 Å². The van der Waals surface area contributed by atoms with Gasteiger partial charge in [-0.2, -0.15) is 0 Å². The maximum absolute atomic E-state index is 10.1. The summed E-state index contributed by atoms with van der Waals surface area (Å²) >= 11 is 0. The third kappa shape index (κ3) is 4.87. The Labute approximate surface area is 58.2 Å². The van der Waals surface area contributed by atoms with Crippen LogP contribution in [-0.4, -0.2) is 29.7 Å². The molecular formula is C3H10NO5P. The van der Waals surface area contributed by atoms with E-state index in [1.165, 1.54) is 7.11 Å². The molecule has 0 aromatic carbocycles. The summed E-state index contributed by atoms with van der Waals surface area (Å²) in [4.78, 5) is 16.4. The van der Waals surface area contributed by atoms with Crippen LogP contribution in [0.25, 0.3) is 0 Å². The summed E-state index contributed by atoms with van der Waals surface area (Å²) in [6.45, 7) is -0.0956. The van der Waals surface area contributed by atoms with E-state index in [4.69, 9.17) is 15.5 Å². The van der Waals surface area contributed by atoms with Gasteiger partial charge < -0.3 is 20.3 Å². The zero-order valence-corrected chi connectivity index (χ0v) is 6.32. The van der Waals surface area contributed by atoms with E-state index in [0.29, 0.717) is 0 Å². The monoisotopic (exact) mass is 171 g/mol. The fraction of sp³-hybridized carbons (Fsp3) is 1.00. The van der Waals surface area contributed by atoms with E-state index in [1.807, 2.05) is 0 Å². The van der Waals surface area contributed by atoms with Gasteiger partial charge in [0.1, 0.15) is 0 Å². The second kappa shape index (κ2) is 4.02. The molecule has 0 spiro atoms. The van der Waals surface area contributed by atoms with E-state index in [1.54, 1.807) is 0 Å². The molecule has 10 heavy (non-hydrogen) atoms. The molecule has 0 heterocycles. The van der Waals surface area contributed by atoms with E-state index < -0.39 is 14.1 Å². The van der Waals surface area contributed by atoms with E-state index in [-0.39, 0.29) is 6.54 Å². The minimum atomic E-state index is -4.46. The van der Waals surface area contributed by atoms with E-state index in [0.717, 1.165) is 0 Å². The van der Waals surface area contributed by atoms with Crippen molar-refractivity contribution < 1.29 is 23.6 Å². The van der Waals surface area contributed by atoms with Crippen molar-refractivity contribution in [3.63, 3.8) is 0 Å². The second-order valence-electron chi connectivity index (χ2n) is 1.50. The van der Waals surface area contributed by atoms with Crippen LogP contribution >= 0.6 is 7.82 Å². The molecule has 4 N–H and O–H groups in total. The largest absolute Gasteiger partial charge is 0.471 e. The van der Waals surface area contributed by atoms with Gasteiger partial charge in [-0.1, -0.05) is 0 Å². The van der Waals surface area contributed by atoms with Gasteiger partial charge in [-0.05, 0) is 0 Å². The highest BCUT2D eigenvalue weighted by molar-refractivity contribution is 7.46. The first-order chi connectivity index (χ1) is 4.49. The number of phosphoric acid groups is 1. The predicted molar refractivity (Wildman–Crippen MR) is 33.0 cm³/mol. The Balaban J connectivity index is 3.75. The standard InChI is InChI=1S/C3H10NO5P/c1-8-3(2-4)9-10(5,6)7/h3H,2,4H2,1H3,(H2,5,6,7). The molecule has 62 valence electrons. The normalized spacial score (nSPS) is 15.2. The van der Waals surface area contributed by atoms with Crippen molar-refractivity contribution in [2.24, 2.45) is 5.73 Å². The molecule has 0 aliphatic heterocycles. The van der Waals surface area contributed by atoms with Gasteiger partial charge in [-0.3, -0.25) is 4.52 Å². The van der Waals surface area contributed by atoms with Crippen molar-refractivity contribution in [3.8, 4) is 0 Å². The smallest absolute Gasteiger partial charge is 0.354 e. The number of phosphoric ester groups is 1. The molecular weight excluding hydrogens is 161 g/mol. The highest BCUT2D eigenvalue weighted by atomic mass is 31.2. The van der Waals surface area contributed by atoms with Crippen LogP contribution in [0.5, 0.6) is 0 Å². The van der Waals surface area contributed by atoms with Gasteiger partial charge in [-0.15, -0.1) is 0 Å². The predicted octanol–water partition coefficient (Wildman–Crippen LogP) is -0.973. The summed E-state index contributed by atoms with van der Waals surface area (Å²) in [5.41, 5.74) is 5.00. The molecule has 1 atom stereocenters. The maximum atomic E-state index is 10.1. The quantitative estimate of drug-likeness (QED) is 0.371. The summed E-state index contributed by atoms with van der Waals surface area (Å²) in [6.07, 6.45) is -1.04. The molecule has 0 aliphatic carbocycles. The Morgan fingerprint density at radius 2 is 2.20 bits per heavy atom. The molecule has 0 radical (unpaired) electrons. The fourth-order valence-electron chi connectivity index (χ4n) is 0.335. The first kappa shape index (κ1) is 10.0. The van der Waals surface area contributed by atoms with Crippen LogP contribution in [-0.2, 0) is 13.8 Å². The molecule has 1 unspecified atom stereocenters. The van der Waals surface area contributed by atoms with Crippen LogP contribution in [0.2, 0.25) is 0 Å². The SMILES string of the molecule is COC(CN)OP(=O)(O)O. The number of nitrogens with two attached hydrogens (primary N) is 1. The first-order valence-corrected chi connectivity index (χ1v) is 3.99. The average molecular weight is 171 g/mol. The van der Waals surface area contributed by atoms with Gasteiger partial charge in [0.15, 0.2) is 6.29 Å². The van der Waals surface area contributed by atoms with Crippen molar-refractivity contribution in [1.82, 2.24) is 0 Å². The molecule has 7 heteroatoms. The van der Waals surface area contributed by atoms with Crippen LogP contribution in [0.4, 0.5) is 0 Å². The minimum Gasteiger partial charge on any atom is -0.354 e. The van der Waals surface area contributed by atoms with E-state index in [9.17, 15) is 4.57 Å². The van der Waals surface area contributed by atoms with Crippen LogP contribution in [0.15, 0.2) is 0 Å². The number of hydrogen-bond acceptors (Lipinski definition) is 4. The van der Waals surface area contributed by atoms with Crippen LogP contribution < -0.4 is 5.73 Å². The van der Waals surface area contributed by atoms with Crippen LogP contribution in [0.3, 0.4) is 0 Å². The van der Waals surface area contributed by atoms with Gasteiger partial charge in [0.05, 0.1) is 0 Å². The lowest BCUT2D eigenvalue weighted by atomic mass is 10.7. The van der Waals surface area contributed by atoms with Gasteiger partial charge >= 0.3 is 7.82 Å². The molecule has 0 bridgehead atoms. The second-order valence-corrected chi connectivity index (χ2v) is 2.69. The van der Waals surface area contributed by atoms with Crippen molar-refractivity contribution in [3.05, 3.63) is 0 Å². The Morgan fingerprint density at radius 3 is 2.30 bits per heavy atom. The summed E-state index contributed by atoms with van der Waals surface area (Å²) in [6, 6.07) is 0. The molecule has 0 aromatic heterocycles. The topological polar surface area (TPSA) is 102 Å². The van der Waals surface area contributed by atoms with Gasteiger partial charge in [0, 0.05) is 13.7 Å². The highest BCUT2D eigenvalue weighted by Gasteiger charge is 2.20. The highest BCUT2D eigenvalue weighted by Crippen LogP contribution is 2.37. The molecule has 0 fully saturated rings. The Bertz CT molecular complexity index is 129. The van der Waals surface area contributed by atoms with Gasteiger partial charge in [0.2, 0.25) is 0 Å². The summed E-state index contributed by atoms with van der Waals surface area (Å²) in [7, 11) is -3.22. The first-order valence-electron chi connectivity index (χ1n) is 2.46. The van der Waals surface area contributed by atoms with Crippen molar-refractivity contribution in [1.29, 1.82) is 0 Å². The summed E-state index contributed by atoms with van der Waals surface area (Å²) in [5, 5.41) is 0. The third-order valence-corrected chi connectivity index (χ3v) is 1.22. The van der Waals surface area contributed by atoms with Crippen molar-refractivity contribution >= 4 is 7.82 Å². The maximum Gasteiger partial charge on any atom is 0.471 e. The number of methoxy groups -OCH3 is 1. The molecule has 0 rings (SSSR count). The zero-order chi connectivity index (χ0) is 8.20.